The van der Waals surface area contributed by atoms with Crippen LogP contribution in [-0.2, 0) is 4.74 Å². The molecule has 0 radical (unpaired) electrons. The van der Waals surface area contributed by atoms with Crippen molar-refractivity contribution in [1.29, 1.82) is 0 Å². The third-order valence-electron chi connectivity index (χ3n) is 3.36. The van der Waals surface area contributed by atoms with Crippen molar-refractivity contribution in [3.63, 3.8) is 0 Å². The molecule has 110 valence electrons. The lowest BCUT2D eigenvalue weighted by molar-refractivity contribution is 0.298. The number of aromatic nitrogens is 4. The summed E-state index contributed by atoms with van der Waals surface area (Å²) in [6.45, 7) is 3.48. The van der Waals surface area contributed by atoms with Gasteiger partial charge in [0.2, 0.25) is 0 Å². The Labute approximate surface area is 123 Å². The van der Waals surface area contributed by atoms with Crippen molar-refractivity contribution in [1.82, 2.24) is 19.7 Å². The molecular formula is C14H18N6O. The fourth-order valence-electron chi connectivity index (χ4n) is 2.23. The van der Waals surface area contributed by atoms with Crippen molar-refractivity contribution < 1.29 is 4.74 Å². The lowest BCUT2D eigenvalue weighted by Gasteiger charge is -2.19. The van der Waals surface area contributed by atoms with Gasteiger partial charge in [-0.3, -0.25) is 4.90 Å². The molecule has 1 aliphatic rings. The van der Waals surface area contributed by atoms with Crippen LogP contribution in [0.25, 0.3) is 5.69 Å². The maximum absolute atomic E-state index is 5.70. The van der Waals surface area contributed by atoms with Crippen LogP contribution in [0.1, 0.15) is 18.5 Å². The molecule has 0 saturated heterocycles. The molecule has 0 N–H and O–H groups in total. The Morgan fingerprint density at radius 3 is 2.86 bits per heavy atom. The van der Waals surface area contributed by atoms with Crippen LogP contribution in [0.4, 0.5) is 5.69 Å². The number of hydrogen-bond acceptors (Lipinski definition) is 6. The summed E-state index contributed by atoms with van der Waals surface area (Å²) in [5.74, 6) is 0. The van der Waals surface area contributed by atoms with Gasteiger partial charge in [-0.2, -0.15) is 5.10 Å². The summed E-state index contributed by atoms with van der Waals surface area (Å²) in [5.41, 5.74) is 2.68. The fraction of sp³-hybridized carbons (Fsp3) is 0.429. The van der Waals surface area contributed by atoms with Crippen molar-refractivity contribution in [3.8, 4) is 5.69 Å². The van der Waals surface area contributed by atoms with E-state index in [1.165, 1.54) is 6.33 Å². The second kappa shape index (κ2) is 5.90. The predicted octanol–water partition coefficient (Wildman–Crippen LogP) is 1.57. The maximum Gasteiger partial charge on any atom is 0.291 e. The summed E-state index contributed by atoms with van der Waals surface area (Å²) in [4.78, 5) is 14.4. The number of ether oxygens (including phenoxy) is 1. The first-order valence-corrected chi connectivity index (χ1v) is 6.98. The predicted molar refractivity (Wildman–Crippen MR) is 79.8 cm³/mol. The molecule has 3 rings (SSSR count). The highest BCUT2D eigenvalue weighted by molar-refractivity contribution is 5.91. The van der Waals surface area contributed by atoms with Crippen LogP contribution in [0, 0.1) is 6.92 Å². The second-order valence-corrected chi connectivity index (χ2v) is 4.92. The van der Waals surface area contributed by atoms with Gasteiger partial charge in [0.15, 0.2) is 0 Å². The van der Waals surface area contributed by atoms with E-state index in [0.717, 1.165) is 36.5 Å². The van der Waals surface area contributed by atoms with Gasteiger partial charge in [-0.15, -0.1) is 0 Å². The summed E-state index contributed by atoms with van der Waals surface area (Å²) >= 11 is 0. The van der Waals surface area contributed by atoms with Crippen LogP contribution >= 0.6 is 0 Å². The van der Waals surface area contributed by atoms with Crippen LogP contribution in [0.3, 0.4) is 0 Å². The Morgan fingerprint density at radius 1 is 1.24 bits per heavy atom. The number of hydrogen-bond donors (Lipinski definition) is 0. The fourth-order valence-corrected chi connectivity index (χ4v) is 2.23. The van der Waals surface area contributed by atoms with Gasteiger partial charge in [0, 0.05) is 13.6 Å². The van der Waals surface area contributed by atoms with E-state index in [0.29, 0.717) is 12.6 Å². The summed E-state index contributed by atoms with van der Waals surface area (Å²) in [6.07, 6.45) is 8.99. The zero-order valence-corrected chi connectivity index (χ0v) is 12.2. The molecule has 7 heteroatoms. The largest absolute Gasteiger partial charge is 0.465 e. The van der Waals surface area contributed by atoms with E-state index in [1.807, 2.05) is 25.1 Å². The SMILES string of the molecule is Cc1nn(-c2cncnc2)cc1N(C)C1=NCCCCO1. The first kappa shape index (κ1) is 13.5. The molecule has 0 amide bonds. The highest BCUT2D eigenvalue weighted by Gasteiger charge is 2.17. The number of nitrogens with zero attached hydrogens (tertiary/aromatic N) is 6. The molecule has 0 bridgehead atoms. The normalized spacial score (nSPS) is 15.0. The van der Waals surface area contributed by atoms with E-state index in [4.69, 9.17) is 4.74 Å². The zero-order valence-electron chi connectivity index (χ0n) is 12.2. The molecule has 2 aromatic heterocycles. The molecule has 0 spiro atoms. The monoisotopic (exact) mass is 286 g/mol. The Morgan fingerprint density at radius 2 is 2.05 bits per heavy atom. The number of rotatable bonds is 2. The van der Waals surface area contributed by atoms with Crippen molar-refractivity contribution >= 4 is 11.7 Å². The van der Waals surface area contributed by atoms with Crippen LogP contribution in [0.2, 0.25) is 0 Å². The lowest BCUT2D eigenvalue weighted by atomic mass is 10.3. The van der Waals surface area contributed by atoms with Crippen molar-refractivity contribution in [2.75, 3.05) is 25.1 Å². The van der Waals surface area contributed by atoms with Crippen LogP contribution in [-0.4, -0.2) is 46.0 Å². The molecule has 0 saturated carbocycles. The van der Waals surface area contributed by atoms with Crippen molar-refractivity contribution in [2.45, 2.75) is 19.8 Å². The van der Waals surface area contributed by atoms with Gasteiger partial charge in [0.1, 0.15) is 12.0 Å². The summed E-state index contributed by atoms with van der Waals surface area (Å²) in [7, 11) is 1.94. The molecule has 2 aromatic rings. The molecule has 21 heavy (non-hydrogen) atoms. The van der Waals surface area contributed by atoms with Gasteiger partial charge < -0.3 is 4.74 Å². The highest BCUT2D eigenvalue weighted by Crippen LogP contribution is 2.20. The maximum atomic E-state index is 5.70. The topological polar surface area (TPSA) is 68.4 Å². The number of aryl methyl sites for hydroxylation is 1. The molecule has 3 heterocycles. The van der Waals surface area contributed by atoms with Crippen LogP contribution in [0.5, 0.6) is 0 Å². The van der Waals surface area contributed by atoms with E-state index in [2.05, 4.69) is 20.1 Å². The highest BCUT2D eigenvalue weighted by atomic mass is 16.5. The Bertz CT molecular complexity index is 636. The first-order chi connectivity index (χ1) is 10.3. The molecule has 1 aliphatic heterocycles. The van der Waals surface area contributed by atoms with E-state index < -0.39 is 0 Å². The molecule has 0 fully saturated rings. The van der Waals surface area contributed by atoms with Gasteiger partial charge in [0.25, 0.3) is 6.02 Å². The summed E-state index contributed by atoms with van der Waals surface area (Å²) in [6, 6.07) is 0.652. The molecule has 0 aliphatic carbocycles. The Balaban J connectivity index is 1.89. The zero-order chi connectivity index (χ0) is 14.7. The molecule has 0 atom stereocenters. The molecule has 0 unspecified atom stereocenters. The van der Waals surface area contributed by atoms with E-state index in [9.17, 15) is 0 Å². The first-order valence-electron chi connectivity index (χ1n) is 6.98. The van der Waals surface area contributed by atoms with Gasteiger partial charge in [0.05, 0.1) is 36.6 Å². The second-order valence-electron chi connectivity index (χ2n) is 4.92. The van der Waals surface area contributed by atoms with Crippen LogP contribution < -0.4 is 4.90 Å². The average Bonchev–Trinajstić information content (AvgIpc) is 2.74. The minimum atomic E-state index is 0.652. The minimum absolute atomic E-state index is 0.652. The summed E-state index contributed by atoms with van der Waals surface area (Å²) in [5, 5.41) is 4.50. The number of amidine groups is 1. The average molecular weight is 286 g/mol. The van der Waals surface area contributed by atoms with Gasteiger partial charge in [-0.05, 0) is 19.8 Å². The molecule has 7 nitrogen and oxygen atoms in total. The van der Waals surface area contributed by atoms with E-state index >= 15 is 0 Å². The van der Waals surface area contributed by atoms with Gasteiger partial charge in [-0.1, -0.05) is 0 Å². The third-order valence-corrected chi connectivity index (χ3v) is 3.36. The van der Waals surface area contributed by atoms with E-state index in [1.54, 1.807) is 17.1 Å². The quantitative estimate of drug-likeness (QED) is 0.838. The minimum Gasteiger partial charge on any atom is -0.465 e. The van der Waals surface area contributed by atoms with Crippen LogP contribution in [0.15, 0.2) is 29.9 Å². The summed E-state index contributed by atoms with van der Waals surface area (Å²) < 4.78 is 7.47. The molecule has 0 aromatic carbocycles. The lowest BCUT2D eigenvalue weighted by Crippen LogP contribution is -2.29. The van der Waals surface area contributed by atoms with E-state index in [-0.39, 0.29) is 0 Å². The van der Waals surface area contributed by atoms with Crippen molar-refractivity contribution in [2.24, 2.45) is 4.99 Å². The smallest absolute Gasteiger partial charge is 0.291 e. The molecular weight excluding hydrogens is 268 g/mol. The van der Waals surface area contributed by atoms with Crippen molar-refractivity contribution in [3.05, 3.63) is 30.6 Å². The Hall–Kier alpha value is -2.44. The van der Waals surface area contributed by atoms with Gasteiger partial charge in [-0.25, -0.2) is 19.6 Å². The Kier molecular flexibility index (Phi) is 3.81. The third kappa shape index (κ3) is 2.86. The number of anilines is 1. The number of aliphatic imine (C=N–C) groups is 1. The standard InChI is InChI=1S/C14H18N6O/c1-11-13(19(2)14-17-5-3-4-6-21-14)9-20(18-11)12-7-15-10-16-8-12/h7-10H,3-6H2,1-2H3. The van der Waals surface area contributed by atoms with Gasteiger partial charge >= 0.3 is 0 Å².